The Bertz CT molecular complexity index is 891. The van der Waals surface area contributed by atoms with E-state index in [-0.39, 0.29) is 11.6 Å². The van der Waals surface area contributed by atoms with E-state index in [0.29, 0.717) is 13.0 Å². The first-order chi connectivity index (χ1) is 12.6. The molecule has 26 heavy (non-hydrogen) atoms. The summed E-state index contributed by atoms with van der Waals surface area (Å²) >= 11 is 0. The first kappa shape index (κ1) is 16.5. The van der Waals surface area contributed by atoms with Crippen LogP contribution in [-0.4, -0.2) is 28.8 Å². The Morgan fingerprint density at radius 2 is 1.81 bits per heavy atom. The van der Waals surface area contributed by atoms with Gasteiger partial charge in [0, 0.05) is 31.6 Å². The van der Waals surface area contributed by atoms with Gasteiger partial charge in [-0.25, -0.2) is 0 Å². The molecule has 0 aromatic heterocycles. The van der Waals surface area contributed by atoms with Crippen LogP contribution in [0.2, 0.25) is 0 Å². The second-order valence-corrected chi connectivity index (χ2v) is 6.64. The van der Waals surface area contributed by atoms with Crippen LogP contribution in [0.1, 0.15) is 23.1 Å². The zero-order valence-corrected chi connectivity index (χ0v) is 14.2. The molecule has 132 valence electrons. The minimum absolute atomic E-state index is 0.0336. The largest absolute Gasteiger partial charge is 0.330 e. The Kier molecular flexibility index (Phi) is 4.05. The molecule has 1 saturated heterocycles. The molecule has 1 atom stereocenters. The summed E-state index contributed by atoms with van der Waals surface area (Å²) in [6.45, 7) is 1.59. The Labute approximate surface area is 151 Å². The van der Waals surface area contributed by atoms with Gasteiger partial charge in [-0.05, 0) is 41.3 Å². The van der Waals surface area contributed by atoms with Crippen molar-refractivity contribution in [3.05, 3.63) is 81.4 Å². The Morgan fingerprint density at radius 1 is 1.08 bits per heavy atom. The van der Waals surface area contributed by atoms with Crippen molar-refractivity contribution in [3.8, 4) is 0 Å². The Balaban J connectivity index is 1.74. The summed E-state index contributed by atoms with van der Waals surface area (Å²) in [4.78, 5) is 24.9. The van der Waals surface area contributed by atoms with Gasteiger partial charge in [-0.2, -0.15) is 0 Å². The molecular formula is C20H19N3O3. The summed E-state index contributed by atoms with van der Waals surface area (Å²) < 4.78 is 0. The quantitative estimate of drug-likeness (QED) is 0.683. The minimum Gasteiger partial charge on any atom is -0.330 e. The summed E-state index contributed by atoms with van der Waals surface area (Å²) in [5.74, 6) is 0.0336. The number of benzene rings is 2. The van der Waals surface area contributed by atoms with Gasteiger partial charge >= 0.3 is 0 Å². The summed E-state index contributed by atoms with van der Waals surface area (Å²) in [7, 11) is 0. The monoisotopic (exact) mass is 349 g/mol. The Hall–Kier alpha value is -2.99. The molecule has 2 aliphatic heterocycles. The molecule has 0 bridgehead atoms. The van der Waals surface area contributed by atoms with E-state index in [1.807, 2.05) is 24.3 Å². The van der Waals surface area contributed by atoms with E-state index in [4.69, 9.17) is 0 Å². The van der Waals surface area contributed by atoms with Gasteiger partial charge in [0.2, 0.25) is 5.91 Å². The number of nitrogens with zero attached hydrogens (tertiary/aromatic N) is 2. The lowest BCUT2D eigenvalue weighted by molar-refractivity contribution is -0.384. The van der Waals surface area contributed by atoms with Gasteiger partial charge in [0.1, 0.15) is 5.66 Å². The fourth-order valence-corrected chi connectivity index (χ4v) is 3.82. The molecule has 6 heteroatoms. The van der Waals surface area contributed by atoms with Crippen LogP contribution in [0, 0.1) is 10.1 Å². The molecule has 1 N–H and O–H groups in total. The van der Waals surface area contributed by atoms with Gasteiger partial charge in [-0.15, -0.1) is 0 Å². The van der Waals surface area contributed by atoms with E-state index < -0.39 is 10.6 Å². The zero-order chi connectivity index (χ0) is 18.1. The number of nitro benzene ring substituents is 1. The summed E-state index contributed by atoms with van der Waals surface area (Å²) in [5, 5.41) is 14.0. The van der Waals surface area contributed by atoms with E-state index in [9.17, 15) is 14.9 Å². The molecule has 4 rings (SSSR count). The van der Waals surface area contributed by atoms with Crippen LogP contribution in [0.4, 0.5) is 5.69 Å². The fraction of sp³-hybridized carbons (Fsp3) is 0.250. The van der Waals surface area contributed by atoms with Gasteiger partial charge in [0.15, 0.2) is 0 Å². The predicted molar refractivity (Wildman–Crippen MR) is 98.3 cm³/mol. The molecule has 1 unspecified atom stereocenters. The van der Waals surface area contributed by atoms with Gasteiger partial charge in [-0.1, -0.05) is 30.3 Å². The van der Waals surface area contributed by atoms with Crippen LogP contribution in [-0.2, 0) is 16.9 Å². The highest BCUT2D eigenvalue weighted by atomic mass is 16.6. The number of nitro groups is 1. The number of hydrogen-bond donors (Lipinski definition) is 1. The highest BCUT2D eigenvalue weighted by molar-refractivity contribution is 5.79. The number of nitrogens with one attached hydrogen (secondary N) is 1. The third-order valence-electron chi connectivity index (χ3n) is 5.14. The van der Waals surface area contributed by atoms with Crippen LogP contribution >= 0.6 is 0 Å². The average Bonchev–Trinajstić information content (AvgIpc) is 2.66. The van der Waals surface area contributed by atoms with E-state index in [1.54, 1.807) is 12.1 Å². The third-order valence-corrected chi connectivity index (χ3v) is 5.14. The fourth-order valence-electron chi connectivity index (χ4n) is 3.82. The van der Waals surface area contributed by atoms with Crippen LogP contribution in [0.25, 0.3) is 6.08 Å². The second kappa shape index (κ2) is 6.38. The highest BCUT2D eigenvalue weighted by Gasteiger charge is 2.44. The normalized spacial score (nSPS) is 22.5. The van der Waals surface area contributed by atoms with Crippen LogP contribution in [0.3, 0.4) is 0 Å². The number of hydrogen-bond acceptors (Lipinski definition) is 4. The van der Waals surface area contributed by atoms with Crippen molar-refractivity contribution < 1.29 is 9.72 Å². The van der Waals surface area contributed by atoms with E-state index >= 15 is 0 Å². The number of carbonyl (C=O) groups is 1. The number of carbonyl (C=O) groups excluding carboxylic acids is 1. The van der Waals surface area contributed by atoms with E-state index in [2.05, 4.69) is 22.3 Å². The van der Waals surface area contributed by atoms with Crippen LogP contribution in [0.5, 0.6) is 0 Å². The maximum Gasteiger partial charge on any atom is 0.269 e. The maximum atomic E-state index is 12.2. The predicted octanol–water partition coefficient (Wildman–Crippen LogP) is 2.84. The lowest BCUT2D eigenvalue weighted by Crippen LogP contribution is -2.63. The van der Waals surface area contributed by atoms with Crippen molar-refractivity contribution in [1.82, 2.24) is 10.2 Å². The van der Waals surface area contributed by atoms with Gasteiger partial charge < -0.3 is 5.32 Å². The second-order valence-electron chi connectivity index (χ2n) is 6.64. The van der Waals surface area contributed by atoms with Crippen LogP contribution < -0.4 is 5.32 Å². The smallest absolute Gasteiger partial charge is 0.269 e. The van der Waals surface area contributed by atoms with Crippen LogP contribution in [0.15, 0.2) is 54.6 Å². The lowest BCUT2D eigenvalue weighted by atomic mass is 9.84. The average molecular weight is 349 g/mol. The molecule has 0 aliphatic carbocycles. The molecule has 0 saturated carbocycles. The lowest BCUT2D eigenvalue weighted by Gasteiger charge is -2.49. The standard InChI is InChI=1S/C20H19N3O3/c24-19-11-14-22-13-10-16-3-1-2-4-18(16)20(22,21-19)12-9-15-5-7-17(8-6-15)23(25)26/h1-9,12H,10-11,13-14H2,(H,21,24). The topological polar surface area (TPSA) is 75.5 Å². The Morgan fingerprint density at radius 3 is 2.58 bits per heavy atom. The van der Waals surface area contributed by atoms with Crippen molar-refractivity contribution in [2.45, 2.75) is 18.5 Å². The van der Waals surface area contributed by atoms with Gasteiger partial charge in [0.05, 0.1) is 4.92 Å². The number of fused-ring (bicyclic) bond motifs is 3. The molecular weight excluding hydrogens is 330 g/mol. The molecule has 2 aromatic rings. The molecule has 0 radical (unpaired) electrons. The molecule has 2 aliphatic rings. The van der Waals surface area contributed by atoms with Gasteiger partial charge in [-0.3, -0.25) is 19.8 Å². The molecule has 1 fully saturated rings. The van der Waals surface area contributed by atoms with Crippen molar-refractivity contribution in [3.63, 3.8) is 0 Å². The first-order valence-corrected chi connectivity index (χ1v) is 8.67. The van der Waals surface area contributed by atoms with Crippen molar-refractivity contribution in [1.29, 1.82) is 0 Å². The maximum absolute atomic E-state index is 12.2. The van der Waals surface area contributed by atoms with Crippen molar-refractivity contribution in [2.24, 2.45) is 0 Å². The van der Waals surface area contributed by atoms with Crippen molar-refractivity contribution in [2.75, 3.05) is 13.1 Å². The molecule has 6 nitrogen and oxygen atoms in total. The molecule has 2 heterocycles. The number of non-ortho nitro benzene ring substituents is 1. The summed E-state index contributed by atoms with van der Waals surface area (Å²) in [6.07, 6.45) is 5.38. The molecule has 0 spiro atoms. The molecule has 2 aromatic carbocycles. The SMILES string of the molecule is O=C1CCN2CCc3ccccc3C2(C=Cc2ccc([N+](=O)[O-])cc2)N1. The third kappa shape index (κ3) is 2.78. The minimum atomic E-state index is -0.661. The number of rotatable bonds is 3. The van der Waals surface area contributed by atoms with Gasteiger partial charge in [0.25, 0.3) is 5.69 Å². The first-order valence-electron chi connectivity index (χ1n) is 8.67. The van der Waals surface area contributed by atoms with Crippen molar-refractivity contribution >= 4 is 17.7 Å². The zero-order valence-electron chi connectivity index (χ0n) is 14.2. The molecule has 1 amide bonds. The summed E-state index contributed by atoms with van der Waals surface area (Å²) in [6, 6.07) is 14.6. The van der Waals surface area contributed by atoms with E-state index in [1.165, 1.54) is 17.7 Å². The highest BCUT2D eigenvalue weighted by Crippen LogP contribution is 2.37. The summed E-state index contributed by atoms with van der Waals surface area (Å²) in [5.41, 5.74) is 2.59. The number of amides is 1. The van der Waals surface area contributed by atoms with E-state index in [0.717, 1.165) is 24.1 Å².